The van der Waals surface area contributed by atoms with Gasteiger partial charge in [0.15, 0.2) is 0 Å². The first-order valence-electron chi connectivity index (χ1n) is 8.71. The number of carbonyl (C=O) groups is 1. The molecule has 1 rings (SSSR count). The Kier molecular flexibility index (Phi) is 10.7. The molecule has 1 amide bonds. The molecule has 0 spiro atoms. The highest BCUT2D eigenvalue weighted by Gasteiger charge is 2.15. The van der Waals surface area contributed by atoms with Gasteiger partial charge in [-0.15, -0.1) is 0 Å². The summed E-state index contributed by atoms with van der Waals surface area (Å²) in [6, 6.07) is 0. The van der Waals surface area contributed by atoms with Gasteiger partial charge in [0.05, 0.1) is 6.10 Å². The lowest BCUT2D eigenvalue weighted by Gasteiger charge is -2.10. The van der Waals surface area contributed by atoms with Gasteiger partial charge in [-0.05, 0) is 19.3 Å². The molecule has 1 fully saturated rings. The van der Waals surface area contributed by atoms with Crippen molar-refractivity contribution in [3.63, 3.8) is 0 Å². The van der Waals surface area contributed by atoms with Crippen LogP contribution in [0.4, 0.5) is 0 Å². The van der Waals surface area contributed by atoms with E-state index in [2.05, 4.69) is 12.2 Å². The van der Waals surface area contributed by atoms with Gasteiger partial charge < -0.3 is 10.1 Å². The lowest BCUT2D eigenvalue weighted by Crippen LogP contribution is -2.31. The standard InChI is InChI=1S/C17H33NO2/c1-2-3-4-5-6-7-8-9-10-13-17(19)18-15-16-12-11-14-20-16/h16H,2-15H2,1H3,(H,18,19). The number of unbranched alkanes of at least 4 members (excludes halogenated alkanes) is 8. The lowest BCUT2D eigenvalue weighted by molar-refractivity contribution is -0.121. The van der Waals surface area contributed by atoms with E-state index in [1.807, 2.05) is 0 Å². The fraction of sp³-hybridized carbons (Fsp3) is 0.941. The highest BCUT2D eigenvalue weighted by molar-refractivity contribution is 5.75. The summed E-state index contributed by atoms with van der Waals surface area (Å²) >= 11 is 0. The molecule has 0 bridgehead atoms. The highest BCUT2D eigenvalue weighted by atomic mass is 16.5. The summed E-state index contributed by atoms with van der Waals surface area (Å²) in [5, 5.41) is 2.99. The van der Waals surface area contributed by atoms with Crippen LogP contribution in [0.15, 0.2) is 0 Å². The Hall–Kier alpha value is -0.570. The summed E-state index contributed by atoms with van der Waals surface area (Å²) in [6.07, 6.45) is 14.9. The zero-order valence-corrected chi connectivity index (χ0v) is 13.3. The molecule has 0 aliphatic carbocycles. The average molecular weight is 283 g/mol. The zero-order chi connectivity index (χ0) is 14.5. The maximum atomic E-state index is 11.6. The van der Waals surface area contributed by atoms with Gasteiger partial charge in [0.2, 0.25) is 5.91 Å². The summed E-state index contributed by atoms with van der Waals surface area (Å²) in [5.74, 6) is 0.198. The van der Waals surface area contributed by atoms with Crippen LogP contribution < -0.4 is 5.32 Å². The van der Waals surface area contributed by atoms with Crippen LogP contribution in [0.2, 0.25) is 0 Å². The number of hydrogen-bond acceptors (Lipinski definition) is 2. The highest BCUT2D eigenvalue weighted by Crippen LogP contribution is 2.12. The van der Waals surface area contributed by atoms with Crippen molar-refractivity contribution >= 4 is 5.91 Å². The fourth-order valence-corrected chi connectivity index (χ4v) is 2.72. The summed E-state index contributed by atoms with van der Waals surface area (Å²) in [4.78, 5) is 11.6. The molecule has 1 aliphatic heterocycles. The molecular formula is C17H33NO2. The predicted octanol–water partition coefficient (Wildman–Crippen LogP) is 4.20. The van der Waals surface area contributed by atoms with Crippen molar-refractivity contribution < 1.29 is 9.53 Å². The second-order valence-electron chi connectivity index (χ2n) is 6.02. The van der Waals surface area contributed by atoms with E-state index in [0.29, 0.717) is 13.0 Å². The molecule has 0 radical (unpaired) electrons. The largest absolute Gasteiger partial charge is 0.376 e. The number of hydrogen-bond donors (Lipinski definition) is 1. The Morgan fingerprint density at radius 2 is 1.70 bits per heavy atom. The molecule has 1 atom stereocenters. The third kappa shape index (κ3) is 9.35. The zero-order valence-electron chi connectivity index (χ0n) is 13.3. The first-order chi connectivity index (χ1) is 9.83. The van der Waals surface area contributed by atoms with E-state index in [0.717, 1.165) is 25.9 Å². The van der Waals surface area contributed by atoms with Crippen LogP contribution in [0.5, 0.6) is 0 Å². The average Bonchev–Trinajstić information content (AvgIpc) is 2.96. The molecule has 20 heavy (non-hydrogen) atoms. The summed E-state index contributed by atoms with van der Waals surface area (Å²) in [7, 11) is 0. The van der Waals surface area contributed by atoms with E-state index in [1.165, 1.54) is 51.4 Å². The lowest BCUT2D eigenvalue weighted by atomic mass is 10.1. The minimum atomic E-state index is 0.198. The second kappa shape index (κ2) is 12.2. The quantitative estimate of drug-likeness (QED) is 0.545. The maximum Gasteiger partial charge on any atom is 0.220 e. The number of rotatable bonds is 12. The molecular weight excluding hydrogens is 250 g/mol. The predicted molar refractivity (Wildman–Crippen MR) is 83.8 cm³/mol. The summed E-state index contributed by atoms with van der Waals surface area (Å²) < 4.78 is 5.49. The van der Waals surface area contributed by atoms with E-state index in [-0.39, 0.29) is 12.0 Å². The minimum Gasteiger partial charge on any atom is -0.376 e. The van der Waals surface area contributed by atoms with Crippen molar-refractivity contribution in [1.82, 2.24) is 5.32 Å². The van der Waals surface area contributed by atoms with Crippen LogP contribution in [-0.4, -0.2) is 25.2 Å². The third-order valence-electron chi connectivity index (χ3n) is 4.06. The van der Waals surface area contributed by atoms with Gasteiger partial charge in [0.25, 0.3) is 0 Å². The normalized spacial score (nSPS) is 18.4. The maximum absolute atomic E-state index is 11.6. The molecule has 0 aromatic rings. The Morgan fingerprint density at radius 1 is 1.05 bits per heavy atom. The molecule has 1 aliphatic rings. The van der Waals surface area contributed by atoms with Gasteiger partial charge in [0.1, 0.15) is 0 Å². The molecule has 0 aromatic heterocycles. The Balaban J connectivity index is 1.79. The SMILES string of the molecule is CCCCCCCCCCCC(=O)NCC1CCCO1. The molecule has 1 unspecified atom stereocenters. The van der Waals surface area contributed by atoms with Crippen LogP contribution in [0.3, 0.4) is 0 Å². The van der Waals surface area contributed by atoms with Crippen molar-refractivity contribution in [2.24, 2.45) is 0 Å². The number of amides is 1. The van der Waals surface area contributed by atoms with E-state index < -0.39 is 0 Å². The topological polar surface area (TPSA) is 38.3 Å². The second-order valence-corrected chi connectivity index (χ2v) is 6.02. The molecule has 1 N–H and O–H groups in total. The van der Waals surface area contributed by atoms with Gasteiger partial charge in [-0.2, -0.15) is 0 Å². The smallest absolute Gasteiger partial charge is 0.220 e. The molecule has 3 nitrogen and oxygen atoms in total. The van der Waals surface area contributed by atoms with Crippen LogP contribution in [0, 0.1) is 0 Å². The van der Waals surface area contributed by atoms with Crippen molar-refractivity contribution in [2.45, 2.75) is 90.1 Å². The molecule has 118 valence electrons. The van der Waals surface area contributed by atoms with Gasteiger partial charge in [0, 0.05) is 19.6 Å². The van der Waals surface area contributed by atoms with E-state index in [9.17, 15) is 4.79 Å². The molecule has 1 heterocycles. The Labute approximate surface area is 124 Å². The van der Waals surface area contributed by atoms with Gasteiger partial charge in [-0.25, -0.2) is 0 Å². The fourth-order valence-electron chi connectivity index (χ4n) is 2.72. The van der Waals surface area contributed by atoms with E-state index >= 15 is 0 Å². The molecule has 0 aromatic carbocycles. The van der Waals surface area contributed by atoms with Crippen molar-refractivity contribution in [2.75, 3.05) is 13.2 Å². The number of carbonyl (C=O) groups excluding carboxylic acids is 1. The molecule has 0 saturated carbocycles. The van der Waals surface area contributed by atoms with Crippen molar-refractivity contribution in [3.05, 3.63) is 0 Å². The van der Waals surface area contributed by atoms with Gasteiger partial charge >= 0.3 is 0 Å². The van der Waals surface area contributed by atoms with Gasteiger partial charge in [-0.3, -0.25) is 4.79 Å². The number of nitrogens with one attached hydrogen (secondary N) is 1. The summed E-state index contributed by atoms with van der Waals surface area (Å²) in [5.41, 5.74) is 0. The van der Waals surface area contributed by atoms with Crippen LogP contribution in [0.1, 0.15) is 84.0 Å². The van der Waals surface area contributed by atoms with Crippen LogP contribution >= 0.6 is 0 Å². The van der Waals surface area contributed by atoms with Crippen LogP contribution in [-0.2, 0) is 9.53 Å². The van der Waals surface area contributed by atoms with E-state index in [1.54, 1.807) is 0 Å². The van der Waals surface area contributed by atoms with Crippen LogP contribution in [0.25, 0.3) is 0 Å². The van der Waals surface area contributed by atoms with Crippen molar-refractivity contribution in [3.8, 4) is 0 Å². The molecule has 3 heteroatoms. The first-order valence-corrected chi connectivity index (χ1v) is 8.71. The first kappa shape index (κ1) is 17.5. The summed E-state index contributed by atoms with van der Waals surface area (Å²) in [6.45, 7) is 3.82. The monoisotopic (exact) mass is 283 g/mol. The Morgan fingerprint density at radius 3 is 2.30 bits per heavy atom. The number of ether oxygens (including phenoxy) is 1. The third-order valence-corrected chi connectivity index (χ3v) is 4.06. The molecule has 1 saturated heterocycles. The van der Waals surface area contributed by atoms with Gasteiger partial charge in [-0.1, -0.05) is 58.3 Å². The van der Waals surface area contributed by atoms with Crippen molar-refractivity contribution in [1.29, 1.82) is 0 Å². The van der Waals surface area contributed by atoms with E-state index in [4.69, 9.17) is 4.74 Å². The Bertz CT molecular complexity index is 237. The minimum absolute atomic E-state index is 0.198.